The van der Waals surface area contributed by atoms with Crippen LogP contribution in [0.25, 0.3) is 0 Å². The Morgan fingerprint density at radius 3 is 1.51 bits per heavy atom. The predicted octanol–water partition coefficient (Wildman–Crippen LogP) is 1.23. The Labute approximate surface area is 393 Å². The fourth-order valence-corrected chi connectivity index (χ4v) is 9.88. The predicted molar refractivity (Wildman–Crippen MR) is 252 cm³/mol. The van der Waals surface area contributed by atoms with Crippen LogP contribution < -0.4 is 42.5 Å². The lowest BCUT2D eigenvalue weighted by atomic mass is 9.87. The van der Waals surface area contributed by atoms with Gasteiger partial charge in [-0.15, -0.1) is 24.7 Å². The molecule has 8 N–H and O–H groups in total. The van der Waals surface area contributed by atoms with E-state index in [4.69, 9.17) is 12.8 Å². The zero-order chi connectivity index (χ0) is 48.2. The molecule has 2 fully saturated rings. The number of benzene rings is 2. The lowest BCUT2D eigenvalue weighted by Crippen LogP contribution is -2.56. The van der Waals surface area contributed by atoms with Crippen molar-refractivity contribution in [1.29, 1.82) is 0 Å². The monoisotopic (exact) mass is 919 g/mol. The zero-order valence-electron chi connectivity index (χ0n) is 39.0. The molecule has 6 rings (SSSR count). The quantitative estimate of drug-likeness (QED) is 0.107. The highest BCUT2D eigenvalue weighted by atomic mass is 16.2. The Morgan fingerprint density at radius 1 is 0.642 bits per heavy atom. The number of carbonyl (C=O) groups is 7. The molecule has 2 heterocycles. The van der Waals surface area contributed by atoms with Gasteiger partial charge < -0.3 is 52.3 Å². The van der Waals surface area contributed by atoms with E-state index in [1.807, 2.05) is 55.5 Å². The second-order valence-corrected chi connectivity index (χ2v) is 18.0. The van der Waals surface area contributed by atoms with Gasteiger partial charge in [-0.1, -0.05) is 55.5 Å². The summed E-state index contributed by atoms with van der Waals surface area (Å²) in [5.41, 5.74) is 4.32. The number of aryl methyl sites for hydroxylation is 2. The van der Waals surface area contributed by atoms with E-state index in [1.165, 1.54) is 9.80 Å². The van der Waals surface area contributed by atoms with Crippen molar-refractivity contribution < 1.29 is 33.6 Å². The van der Waals surface area contributed by atoms with Gasteiger partial charge in [-0.3, -0.25) is 28.8 Å². The Morgan fingerprint density at radius 2 is 1.09 bits per heavy atom. The summed E-state index contributed by atoms with van der Waals surface area (Å²) in [6, 6.07) is 7.76. The molecule has 2 aliphatic heterocycles. The Bertz CT molecular complexity index is 2230. The molecule has 0 saturated carbocycles. The molecule has 0 radical (unpaired) electrons. The van der Waals surface area contributed by atoms with Gasteiger partial charge in [0.15, 0.2) is 0 Å². The van der Waals surface area contributed by atoms with Crippen molar-refractivity contribution in [2.45, 2.75) is 145 Å². The van der Waals surface area contributed by atoms with Gasteiger partial charge in [0.25, 0.3) is 0 Å². The van der Waals surface area contributed by atoms with Crippen molar-refractivity contribution in [3.8, 4) is 24.7 Å². The molecule has 17 nitrogen and oxygen atoms in total. The highest BCUT2D eigenvalue weighted by molar-refractivity contribution is 5.95. The molecule has 67 heavy (non-hydrogen) atoms. The summed E-state index contributed by atoms with van der Waals surface area (Å²) in [4.78, 5) is 100. The number of amides is 8. The van der Waals surface area contributed by atoms with Gasteiger partial charge in [0.2, 0.25) is 35.4 Å². The maximum absolute atomic E-state index is 14.4. The van der Waals surface area contributed by atoms with E-state index in [9.17, 15) is 33.6 Å². The van der Waals surface area contributed by atoms with Crippen LogP contribution in [0.15, 0.2) is 48.5 Å². The van der Waals surface area contributed by atoms with Crippen molar-refractivity contribution in [3.05, 3.63) is 70.8 Å². The first-order valence-electron chi connectivity index (χ1n) is 23.6. The van der Waals surface area contributed by atoms with Crippen LogP contribution >= 0.6 is 0 Å². The summed E-state index contributed by atoms with van der Waals surface area (Å²) < 4.78 is 0. The lowest BCUT2D eigenvalue weighted by molar-refractivity contribution is -0.141. The van der Waals surface area contributed by atoms with Crippen LogP contribution in [0.1, 0.15) is 106 Å². The van der Waals surface area contributed by atoms with Crippen molar-refractivity contribution in [3.63, 3.8) is 0 Å². The maximum Gasteiger partial charge on any atom is 0.315 e. The number of likely N-dealkylation sites (N-methyl/N-ethyl adjacent to an activating group) is 2. The largest absolute Gasteiger partial charge is 0.347 e. The molecule has 0 bridgehead atoms. The number of nitrogens with one attached hydrogen (secondary N) is 8. The van der Waals surface area contributed by atoms with Crippen LogP contribution in [0, 0.1) is 24.7 Å². The Hall–Kier alpha value is -6.43. The first-order valence-corrected chi connectivity index (χ1v) is 23.6. The molecule has 4 aliphatic rings. The molecule has 358 valence electrons. The van der Waals surface area contributed by atoms with E-state index in [2.05, 4.69) is 54.4 Å². The number of hydrogen-bond acceptors (Lipinski definition) is 9. The highest BCUT2D eigenvalue weighted by Gasteiger charge is 2.46. The molecule has 10 atom stereocenters. The maximum atomic E-state index is 14.4. The lowest BCUT2D eigenvalue weighted by Gasteiger charge is -2.31. The summed E-state index contributed by atoms with van der Waals surface area (Å²) in [7, 11) is 3.26. The van der Waals surface area contributed by atoms with Crippen LogP contribution in [0.5, 0.6) is 0 Å². The van der Waals surface area contributed by atoms with E-state index in [0.717, 1.165) is 47.9 Å². The minimum absolute atomic E-state index is 0.0605. The first kappa shape index (κ1) is 50.0. The SMILES string of the molecule is C#CCC(NC(=O)[C@H](CC)NC)C(=O)N1C[C@@H](NC(=O)N[C@H]2C[C@@H](C(=O)N[C@@H]3CCCc4ccccc43)N(C(=O)[C@H](CC#C)NC(=O)[C@H](C)NC)C2)C[C@H]1C(=O)N[C@@H]1CCCc2ccccc21. The third kappa shape index (κ3) is 12.1. The molecule has 0 spiro atoms. The minimum atomic E-state index is -1.13. The number of terminal acetylenes is 2. The summed E-state index contributed by atoms with van der Waals surface area (Å²) in [6.45, 7) is 3.35. The third-order valence-corrected chi connectivity index (χ3v) is 13.6. The number of nitrogens with zero attached hydrogens (tertiary/aromatic N) is 2. The fourth-order valence-electron chi connectivity index (χ4n) is 9.88. The third-order valence-electron chi connectivity index (χ3n) is 13.6. The standard InChI is InChI=1S/C50H66N10O7/c1-7-16-40(57-44(61)30(4)51-5)48(65)59-28-33(26-42(59)46(63)55-38-24-14-20-31-18-10-12-22-35(31)38)53-50(67)54-34-27-43(47(64)56-39-25-15-21-32-19-11-13-23-36(32)39)60(29-34)49(66)41(17-8-2)58-45(62)37(9-3)52-6/h1-2,10-13,18-19,22-23,30,33-34,37-43,51-52H,9,14-17,20-21,24-29H2,3-6H3,(H,55,63)(H,56,64)(H,57,61)(H,58,62)(H2,53,54,67)/t30-,33-,34-,37-,38+,39+,40-,41?,42-,43-/m0/s1. The summed E-state index contributed by atoms with van der Waals surface area (Å²) in [5.74, 6) is 2.19. The molecule has 17 heteroatoms. The van der Waals surface area contributed by atoms with E-state index < -0.39 is 89.8 Å². The topological polar surface area (TPSA) is 222 Å². The second-order valence-electron chi connectivity index (χ2n) is 18.0. The van der Waals surface area contributed by atoms with E-state index >= 15 is 0 Å². The molecule has 2 aliphatic carbocycles. The normalized spacial score (nSPS) is 23.6. The van der Waals surface area contributed by atoms with Gasteiger partial charge >= 0.3 is 6.03 Å². The molecule has 2 aromatic carbocycles. The van der Waals surface area contributed by atoms with Gasteiger partial charge in [-0.05, 0) is 101 Å². The molecule has 8 amide bonds. The van der Waals surface area contributed by atoms with Crippen molar-refractivity contribution in [1.82, 2.24) is 52.3 Å². The number of rotatable bonds is 17. The summed E-state index contributed by atoms with van der Waals surface area (Å²) >= 11 is 0. The van der Waals surface area contributed by atoms with Crippen molar-refractivity contribution in [2.24, 2.45) is 0 Å². The molecule has 0 aromatic heterocycles. The first-order chi connectivity index (χ1) is 32.3. The summed E-state index contributed by atoms with van der Waals surface area (Å²) in [6.07, 6.45) is 16.7. The molecule has 2 saturated heterocycles. The fraction of sp³-hybridized carbons (Fsp3) is 0.540. The number of fused-ring (bicyclic) bond motifs is 2. The van der Waals surface area contributed by atoms with Gasteiger partial charge in [0.1, 0.15) is 24.2 Å². The van der Waals surface area contributed by atoms with E-state index in [1.54, 1.807) is 21.0 Å². The molecular weight excluding hydrogens is 853 g/mol. The zero-order valence-corrected chi connectivity index (χ0v) is 39.0. The minimum Gasteiger partial charge on any atom is -0.347 e. The number of carbonyl (C=O) groups excluding carboxylic acids is 7. The van der Waals surface area contributed by atoms with Gasteiger partial charge in [-0.2, -0.15) is 0 Å². The van der Waals surface area contributed by atoms with E-state index in [-0.39, 0.29) is 50.9 Å². The number of hydrogen-bond donors (Lipinski definition) is 8. The Kier molecular flexibility index (Phi) is 17.4. The summed E-state index contributed by atoms with van der Waals surface area (Å²) in [5, 5.41) is 23.5. The molecule has 1 unspecified atom stereocenters. The number of likely N-dealkylation sites (tertiary alicyclic amines) is 2. The molecular formula is C50H66N10O7. The van der Waals surface area contributed by atoms with Gasteiger partial charge in [-0.25, -0.2) is 4.79 Å². The average molecular weight is 919 g/mol. The van der Waals surface area contributed by atoms with Crippen LogP contribution in [-0.4, -0.2) is 127 Å². The van der Waals surface area contributed by atoms with Crippen LogP contribution in [-0.2, 0) is 41.6 Å². The highest BCUT2D eigenvalue weighted by Crippen LogP contribution is 2.32. The smallest absolute Gasteiger partial charge is 0.315 e. The van der Waals surface area contributed by atoms with Crippen molar-refractivity contribution in [2.75, 3.05) is 27.2 Å². The number of urea groups is 1. The average Bonchev–Trinajstić information content (AvgIpc) is 3.95. The van der Waals surface area contributed by atoms with Crippen LogP contribution in [0.4, 0.5) is 4.79 Å². The van der Waals surface area contributed by atoms with Crippen LogP contribution in [0.2, 0.25) is 0 Å². The van der Waals surface area contributed by atoms with E-state index in [0.29, 0.717) is 19.3 Å². The van der Waals surface area contributed by atoms with Gasteiger partial charge in [0.05, 0.1) is 36.3 Å². The molecule has 2 aromatic rings. The van der Waals surface area contributed by atoms with Crippen LogP contribution in [0.3, 0.4) is 0 Å². The second kappa shape index (κ2) is 23.3. The Balaban J connectivity index is 1.20. The van der Waals surface area contributed by atoms with Gasteiger partial charge in [0, 0.05) is 25.9 Å². The van der Waals surface area contributed by atoms with Crippen molar-refractivity contribution >= 4 is 41.5 Å².